The lowest BCUT2D eigenvalue weighted by atomic mass is 10.2. The molecule has 0 radical (unpaired) electrons. The zero-order chi connectivity index (χ0) is 23.0. The summed E-state index contributed by atoms with van der Waals surface area (Å²) in [6.07, 6.45) is 0. The maximum atomic E-state index is 13.4. The zero-order valence-corrected chi connectivity index (χ0v) is 20.1. The summed E-state index contributed by atoms with van der Waals surface area (Å²) in [5.74, 6) is 1.64. The largest absolute Gasteiger partial charge is 0.378 e. The average Bonchev–Trinajstić information content (AvgIpc) is 3.24. The number of hydrogen-bond acceptors (Lipinski definition) is 6. The second-order valence-electron chi connectivity index (χ2n) is 8.48. The Balaban J connectivity index is 1.51. The quantitative estimate of drug-likeness (QED) is 0.444. The molecule has 1 aromatic heterocycles. The van der Waals surface area contributed by atoms with Gasteiger partial charge in [0.2, 0.25) is 11.9 Å². The summed E-state index contributed by atoms with van der Waals surface area (Å²) in [5, 5.41) is 9.72. The van der Waals surface area contributed by atoms with Gasteiger partial charge in [0.05, 0.1) is 25.5 Å². The third kappa shape index (κ3) is 6.15. The summed E-state index contributed by atoms with van der Waals surface area (Å²) in [7, 11) is 0. The molecule has 174 valence electrons. The number of thioether (sulfide) groups is 1. The van der Waals surface area contributed by atoms with E-state index < -0.39 is 0 Å². The lowest BCUT2D eigenvalue weighted by Gasteiger charge is -2.28. The highest BCUT2D eigenvalue weighted by molar-refractivity contribution is 7.99. The van der Waals surface area contributed by atoms with E-state index in [1.165, 1.54) is 11.8 Å². The molecule has 0 bridgehead atoms. The van der Waals surface area contributed by atoms with Crippen molar-refractivity contribution in [3.05, 3.63) is 66.2 Å². The molecule has 8 heteroatoms. The van der Waals surface area contributed by atoms with Crippen molar-refractivity contribution in [1.29, 1.82) is 0 Å². The predicted molar refractivity (Wildman–Crippen MR) is 133 cm³/mol. The fraction of sp³-hybridized carbons (Fsp3) is 0.400. The van der Waals surface area contributed by atoms with Gasteiger partial charge < -0.3 is 14.5 Å². The van der Waals surface area contributed by atoms with Crippen LogP contribution in [0, 0.1) is 5.92 Å². The lowest BCUT2D eigenvalue weighted by Crippen LogP contribution is -2.38. The highest BCUT2D eigenvalue weighted by Gasteiger charge is 2.23. The molecule has 3 aromatic rings. The Kier molecular flexibility index (Phi) is 8.01. The van der Waals surface area contributed by atoms with E-state index in [2.05, 4.69) is 33.5 Å². The Bertz CT molecular complexity index is 1020. The summed E-state index contributed by atoms with van der Waals surface area (Å²) >= 11 is 1.46. The minimum Gasteiger partial charge on any atom is -0.378 e. The second-order valence-corrected chi connectivity index (χ2v) is 9.42. The van der Waals surface area contributed by atoms with Crippen molar-refractivity contribution in [3.8, 4) is 0 Å². The van der Waals surface area contributed by atoms with Gasteiger partial charge in [-0.25, -0.2) is 0 Å². The number of morpholine rings is 1. The Morgan fingerprint density at radius 1 is 1.03 bits per heavy atom. The molecule has 0 atom stereocenters. The van der Waals surface area contributed by atoms with Gasteiger partial charge in [0, 0.05) is 25.3 Å². The van der Waals surface area contributed by atoms with Crippen LogP contribution in [0.2, 0.25) is 0 Å². The second kappa shape index (κ2) is 11.3. The van der Waals surface area contributed by atoms with E-state index in [0.29, 0.717) is 31.4 Å². The fourth-order valence-electron chi connectivity index (χ4n) is 3.81. The van der Waals surface area contributed by atoms with Crippen molar-refractivity contribution >= 4 is 29.3 Å². The molecule has 4 rings (SSSR count). The highest BCUT2D eigenvalue weighted by Crippen LogP contribution is 2.26. The number of anilines is 2. The van der Waals surface area contributed by atoms with E-state index >= 15 is 0 Å². The zero-order valence-electron chi connectivity index (χ0n) is 19.3. The van der Waals surface area contributed by atoms with Gasteiger partial charge in [-0.3, -0.25) is 9.36 Å². The molecule has 7 nitrogen and oxygen atoms in total. The van der Waals surface area contributed by atoms with Gasteiger partial charge in [-0.15, -0.1) is 10.2 Å². The van der Waals surface area contributed by atoms with Gasteiger partial charge in [0.1, 0.15) is 0 Å². The van der Waals surface area contributed by atoms with Crippen molar-refractivity contribution in [3.63, 3.8) is 0 Å². The van der Waals surface area contributed by atoms with Crippen molar-refractivity contribution < 1.29 is 9.53 Å². The van der Waals surface area contributed by atoms with Gasteiger partial charge in [-0.2, -0.15) is 0 Å². The summed E-state index contributed by atoms with van der Waals surface area (Å²) in [6, 6.07) is 19.9. The standard InChI is InChI=1S/C25H31N5O2S/c1-20(2)17-30-24(28-13-15-32-16-14-28)26-27-25(30)33-19-23(31)29(22-11-7-4-8-12-22)18-21-9-5-3-6-10-21/h3-12,20H,13-19H2,1-2H3. The van der Waals surface area contributed by atoms with Crippen LogP contribution < -0.4 is 9.80 Å². The molecule has 1 amide bonds. The van der Waals surface area contributed by atoms with Crippen LogP contribution in [0.3, 0.4) is 0 Å². The maximum Gasteiger partial charge on any atom is 0.237 e. The number of benzene rings is 2. The normalized spacial score (nSPS) is 14.0. The molecule has 0 aliphatic carbocycles. The molecule has 0 spiro atoms. The first-order chi connectivity index (χ1) is 16.1. The molecular weight excluding hydrogens is 434 g/mol. The number of amides is 1. The van der Waals surface area contributed by atoms with E-state index in [4.69, 9.17) is 4.74 Å². The molecule has 0 saturated carbocycles. The number of aromatic nitrogens is 3. The van der Waals surface area contributed by atoms with E-state index in [0.717, 1.165) is 42.0 Å². The number of hydrogen-bond donors (Lipinski definition) is 0. The molecule has 33 heavy (non-hydrogen) atoms. The number of ether oxygens (including phenoxy) is 1. The maximum absolute atomic E-state index is 13.4. The Hall–Kier alpha value is -2.84. The number of rotatable bonds is 9. The number of para-hydroxylation sites is 1. The predicted octanol–water partition coefficient (Wildman–Crippen LogP) is 4.10. The third-order valence-electron chi connectivity index (χ3n) is 5.42. The average molecular weight is 466 g/mol. The minimum absolute atomic E-state index is 0.0436. The Labute approximate surface area is 199 Å². The summed E-state index contributed by atoms with van der Waals surface area (Å²) in [6.45, 7) is 8.70. The molecule has 1 saturated heterocycles. The summed E-state index contributed by atoms with van der Waals surface area (Å²) in [5.41, 5.74) is 1.99. The summed E-state index contributed by atoms with van der Waals surface area (Å²) < 4.78 is 7.64. The lowest BCUT2D eigenvalue weighted by molar-refractivity contribution is -0.116. The van der Waals surface area contributed by atoms with Crippen LogP contribution in [0.4, 0.5) is 11.6 Å². The van der Waals surface area contributed by atoms with E-state index in [1.807, 2.05) is 65.6 Å². The Morgan fingerprint density at radius 2 is 1.70 bits per heavy atom. The molecule has 1 fully saturated rings. The van der Waals surface area contributed by atoms with Crippen LogP contribution in [-0.4, -0.2) is 52.7 Å². The van der Waals surface area contributed by atoms with Gasteiger partial charge in [0.25, 0.3) is 0 Å². The fourth-order valence-corrected chi connectivity index (χ4v) is 4.63. The van der Waals surface area contributed by atoms with Gasteiger partial charge >= 0.3 is 0 Å². The number of nitrogens with zero attached hydrogens (tertiary/aromatic N) is 5. The van der Waals surface area contributed by atoms with E-state index in [9.17, 15) is 4.79 Å². The molecule has 2 heterocycles. The molecule has 2 aromatic carbocycles. The van der Waals surface area contributed by atoms with E-state index in [-0.39, 0.29) is 5.91 Å². The SMILES string of the molecule is CC(C)Cn1c(SCC(=O)N(Cc2ccccc2)c2ccccc2)nnc1N1CCOCC1. The molecule has 0 N–H and O–H groups in total. The van der Waals surface area contributed by atoms with Crippen molar-refractivity contribution in [2.45, 2.75) is 32.1 Å². The molecule has 1 aliphatic heterocycles. The summed E-state index contributed by atoms with van der Waals surface area (Å²) in [4.78, 5) is 17.4. The first-order valence-electron chi connectivity index (χ1n) is 11.4. The number of carbonyl (C=O) groups excluding carboxylic acids is 1. The monoisotopic (exact) mass is 465 g/mol. The molecule has 1 aliphatic rings. The van der Waals surface area contributed by atoms with Crippen LogP contribution in [0.15, 0.2) is 65.8 Å². The highest BCUT2D eigenvalue weighted by atomic mass is 32.2. The van der Waals surface area contributed by atoms with Gasteiger partial charge in [-0.05, 0) is 23.6 Å². The van der Waals surface area contributed by atoms with E-state index in [1.54, 1.807) is 0 Å². The van der Waals surface area contributed by atoms with Crippen LogP contribution in [0.1, 0.15) is 19.4 Å². The Morgan fingerprint density at radius 3 is 2.36 bits per heavy atom. The van der Waals surface area contributed by atoms with Gasteiger partial charge in [0.15, 0.2) is 5.16 Å². The van der Waals surface area contributed by atoms with Crippen molar-refractivity contribution in [1.82, 2.24) is 14.8 Å². The van der Waals surface area contributed by atoms with Crippen LogP contribution in [-0.2, 0) is 22.6 Å². The molecule has 0 unspecified atom stereocenters. The van der Waals surface area contributed by atoms with Gasteiger partial charge in [-0.1, -0.05) is 74.1 Å². The minimum atomic E-state index is 0.0436. The number of carbonyl (C=O) groups is 1. The topological polar surface area (TPSA) is 63.5 Å². The third-order valence-corrected chi connectivity index (χ3v) is 6.37. The first kappa shape index (κ1) is 23.3. The van der Waals surface area contributed by atoms with Crippen LogP contribution >= 0.6 is 11.8 Å². The van der Waals surface area contributed by atoms with Crippen molar-refractivity contribution in [2.24, 2.45) is 5.92 Å². The van der Waals surface area contributed by atoms with Crippen LogP contribution in [0.25, 0.3) is 0 Å². The van der Waals surface area contributed by atoms with Crippen LogP contribution in [0.5, 0.6) is 0 Å². The van der Waals surface area contributed by atoms with Crippen molar-refractivity contribution in [2.75, 3.05) is 41.9 Å². The first-order valence-corrected chi connectivity index (χ1v) is 12.4. The molecular formula is C25H31N5O2S. The smallest absolute Gasteiger partial charge is 0.237 e.